The molecule has 4 rings (SSSR count). The Kier molecular flexibility index (Phi) is 4.04. The number of halogens is 1. The van der Waals surface area contributed by atoms with Gasteiger partial charge in [0, 0.05) is 29.2 Å². The van der Waals surface area contributed by atoms with Gasteiger partial charge in [-0.3, -0.25) is 5.32 Å². The number of hydrogen-bond acceptors (Lipinski definition) is 3. The van der Waals surface area contributed by atoms with Gasteiger partial charge in [-0.25, -0.2) is 0 Å². The second-order valence-corrected chi connectivity index (χ2v) is 6.26. The number of fused-ring (bicyclic) bond motifs is 1. The Balaban J connectivity index is 1.76. The maximum atomic E-state index is 6.23. The van der Waals surface area contributed by atoms with Crippen LogP contribution in [0.4, 0.5) is 5.69 Å². The van der Waals surface area contributed by atoms with Crippen molar-refractivity contribution >= 4 is 23.2 Å². The third-order valence-corrected chi connectivity index (χ3v) is 4.60. The molecule has 0 radical (unpaired) electrons. The van der Waals surface area contributed by atoms with Gasteiger partial charge in [-0.2, -0.15) is 4.99 Å². The van der Waals surface area contributed by atoms with E-state index in [1.165, 1.54) is 11.1 Å². The lowest BCUT2D eigenvalue weighted by Gasteiger charge is -2.31. The van der Waals surface area contributed by atoms with Crippen LogP contribution in [-0.2, 0) is 4.74 Å². The van der Waals surface area contributed by atoms with Gasteiger partial charge in [0.05, 0.1) is 18.9 Å². The number of ether oxygens (including phenoxy) is 1. The summed E-state index contributed by atoms with van der Waals surface area (Å²) in [6.45, 7) is 3.30. The minimum Gasteiger partial charge on any atom is -0.378 e. The second-order valence-electron chi connectivity index (χ2n) is 5.83. The number of morpholine rings is 1. The zero-order chi connectivity index (χ0) is 15.6. The van der Waals surface area contributed by atoms with Crippen LogP contribution in [0.1, 0.15) is 17.2 Å². The SMILES string of the molecule is Clc1ccc2c(c1)C(c1ccccc1)[NH2+]C(N1CCOCC1)=N2. The van der Waals surface area contributed by atoms with Crippen molar-refractivity contribution in [2.75, 3.05) is 26.3 Å². The van der Waals surface area contributed by atoms with Crippen LogP contribution in [0, 0.1) is 0 Å². The Bertz CT molecular complexity index is 726. The third-order valence-electron chi connectivity index (χ3n) is 4.37. The first-order valence-electron chi connectivity index (χ1n) is 7.92. The minimum atomic E-state index is 0.181. The predicted octanol–water partition coefficient (Wildman–Crippen LogP) is 2.33. The average molecular weight is 329 g/mol. The molecule has 1 saturated heterocycles. The number of guanidine groups is 1. The molecule has 2 aliphatic heterocycles. The van der Waals surface area contributed by atoms with Crippen LogP contribution in [-0.4, -0.2) is 37.2 Å². The van der Waals surface area contributed by atoms with Gasteiger partial charge in [0.1, 0.15) is 6.04 Å². The van der Waals surface area contributed by atoms with Crippen LogP contribution < -0.4 is 5.32 Å². The highest BCUT2D eigenvalue weighted by atomic mass is 35.5. The number of quaternary nitrogens is 1. The van der Waals surface area contributed by atoms with Crippen LogP contribution in [0.25, 0.3) is 0 Å². The molecule has 118 valence electrons. The molecule has 23 heavy (non-hydrogen) atoms. The molecule has 5 heteroatoms. The summed E-state index contributed by atoms with van der Waals surface area (Å²) in [5, 5.41) is 3.00. The number of rotatable bonds is 1. The van der Waals surface area contributed by atoms with E-state index in [1.807, 2.05) is 24.3 Å². The van der Waals surface area contributed by atoms with Crippen LogP contribution in [0.5, 0.6) is 0 Å². The molecule has 0 amide bonds. The summed E-state index contributed by atoms with van der Waals surface area (Å²) in [5.41, 5.74) is 3.43. The van der Waals surface area contributed by atoms with Gasteiger partial charge in [0.25, 0.3) is 0 Å². The van der Waals surface area contributed by atoms with Crippen LogP contribution in [0.2, 0.25) is 5.02 Å². The smallest absolute Gasteiger partial charge is 0.303 e. The molecule has 0 saturated carbocycles. The summed E-state index contributed by atoms with van der Waals surface area (Å²) >= 11 is 6.23. The van der Waals surface area contributed by atoms with Gasteiger partial charge in [-0.05, 0) is 18.2 Å². The van der Waals surface area contributed by atoms with Crippen LogP contribution in [0.3, 0.4) is 0 Å². The Morgan fingerprint density at radius 3 is 2.65 bits per heavy atom. The van der Waals surface area contributed by atoms with Crippen molar-refractivity contribution in [2.45, 2.75) is 6.04 Å². The normalized spacial score (nSPS) is 20.8. The highest BCUT2D eigenvalue weighted by molar-refractivity contribution is 6.30. The predicted molar refractivity (Wildman–Crippen MR) is 91.1 cm³/mol. The number of nitrogens with zero attached hydrogens (tertiary/aromatic N) is 2. The van der Waals surface area contributed by atoms with Gasteiger partial charge in [-0.1, -0.05) is 41.9 Å². The summed E-state index contributed by atoms with van der Waals surface area (Å²) in [7, 11) is 0. The maximum absolute atomic E-state index is 6.23. The quantitative estimate of drug-likeness (QED) is 0.873. The highest BCUT2D eigenvalue weighted by Crippen LogP contribution is 2.32. The molecular weight excluding hydrogens is 310 g/mol. The molecule has 2 aliphatic rings. The number of aliphatic imine (C=N–C) groups is 1. The van der Waals surface area contributed by atoms with Gasteiger partial charge in [0.15, 0.2) is 0 Å². The lowest BCUT2D eigenvalue weighted by molar-refractivity contribution is -0.587. The Hall–Kier alpha value is -1.88. The number of hydrogen-bond donors (Lipinski definition) is 1. The van der Waals surface area contributed by atoms with Crippen molar-refractivity contribution in [3.8, 4) is 0 Å². The molecule has 4 nitrogen and oxygen atoms in total. The molecule has 0 spiro atoms. The molecule has 2 aromatic rings. The third kappa shape index (κ3) is 2.98. The van der Waals surface area contributed by atoms with E-state index < -0.39 is 0 Å². The molecule has 2 N–H and O–H groups in total. The van der Waals surface area contributed by atoms with E-state index in [9.17, 15) is 0 Å². The fourth-order valence-electron chi connectivity index (χ4n) is 3.18. The molecule has 1 unspecified atom stereocenters. The topological polar surface area (TPSA) is 41.4 Å². The van der Waals surface area contributed by atoms with Crippen molar-refractivity contribution in [3.63, 3.8) is 0 Å². The first-order valence-corrected chi connectivity index (χ1v) is 8.30. The van der Waals surface area contributed by atoms with E-state index in [1.54, 1.807) is 0 Å². The summed E-state index contributed by atoms with van der Waals surface area (Å²) in [6.07, 6.45) is 0. The molecule has 2 aromatic carbocycles. The van der Waals surface area contributed by atoms with E-state index in [0.717, 1.165) is 43.0 Å². The Labute approximate surface area is 140 Å². The van der Waals surface area contributed by atoms with E-state index in [0.29, 0.717) is 0 Å². The fourth-order valence-corrected chi connectivity index (χ4v) is 3.36. The summed E-state index contributed by atoms with van der Waals surface area (Å²) in [5.74, 6) is 1.04. The first-order chi connectivity index (χ1) is 11.3. The molecule has 1 atom stereocenters. The van der Waals surface area contributed by atoms with Crippen molar-refractivity contribution in [1.82, 2.24) is 4.90 Å². The lowest BCUT2D eigenvalue weighted by Crippen LogP contribution is -2.93. The summed E-state index contributed by atoms with van der Waals surface area (Å²) in [6, 6.07) is 16.7. The summed E-state index contributed by atoms with van der Waals surface area (Å²) < 4.78 is 5.46. The van der Waals surface area contributed by atoms with Crippen molar-refractivity contribution in [2.24, 2.45) is 4.99 Å². The zero-order valence-corrected chi connectivity index (χ0v) is 13.5. The Morgan fingerprint density at radius 2 is 1.87 bits per heavy atom. The number of benzene rings is 2. The van der Waals surface area contributed by atoms with Gasteiger partial charge in [0.2, 0.25) is 0 Å². The van der Waals surface area contributed by atoms with Gasteiger partial charge < -0.3 is 9.64 Å². The van der Waals surface area contributed by atoms with E-state index >= 15 is 0 Å². The van der Waals surface area contributed by atoms with E-state index in [4.69, 9.17) is 21.3 Å². The van der Waals surface area contributed by atoms with Crippen molar-refractivity contribution in [1.29, 1.82) is 0 Å². The summed E-state index contributed by atoms with van der Waals surface area (Å²) in [4.78, 5) is 7.16. The molecular formula is C18H19ClN3O+. The number of nitrogens with two attached hydrogens (primary N) is 1. The minimum absolute atomic E-state index is 0.181. The fraction of sp³-hybridized carbons (Fsp3) is 0.278. The van der Waals surface area contributed by atoms with Gasteiger partial charge >= 0.3 is 5.96 Å². The van der Waals surface area contributed by atoms with E-state index in [-0.39, 0.29) is 6.04 Å². The standard InChI is InChI=1S/C18H18ClN3O/c19-14-6-7-16-15(12-14)17(13-4-2-1-3-5-13)21-18(20-16)22-8-10-23-11-9-22/h1-7,12,17H,8-11H2,(H,20,21)/p+1. The second kappa shape index (κ2) is 6.32. The molecule has 1 fully saturated rings. The van der Waals surface area contributed by atoms with E-state index in [2.05, 4.69) is 34.5 Å². The van der Waals surface area contributed by atoms with Crippen LogP contribution >= 0.6 is 11.6 Å². The van der Waals surface area contributed by atoms with Crippen molar-refractivity contribution in [3.05, 3.63) is 64.7 Å². The highest BCUT2D eigenvalue weighted by Gasteiger charge is 2.31. The first kappa shape index (κ1) is 14.7. The molecule has 0 aromatic heterocycles. The lowest BCUT2D eigenvalue weighted by atomic mass is 9.96. The average Bonchev–Trinajstić information content (AvgIpc) is 2.62. The zero-order valence-electron chi connectivity index (χ0n) is 12.8. The van der Waals surface area contributed by atoms with Crippen molar-refractivity contribution < 1.29 is 10.1 Å². The van der Waals surface area contributed by atoms with Gasteiger partial charge in [-0.15, -0.1) is 0 Å². The maximum Gasteiger partial charge on any atom is 0.303 e. The largest absolute Gasteiger partial charge is 0.378 e. The molecule has 0 bridgehead atoms. The molecule has 0 aliphatic carbocycles. The molecule has 2 heterocycles. The Morgan fingerprint density at radius 1 is 1.09 bits per heavy atom. The van der Waals surface area contributed by atoms with Crippen LogP contribution in [0.15, 0.2) is 53.5 Å². The monoisotopic (exact) mass is 328 g/mol.